The van der Waals surface area contributed by atoms with E-state index in [1.165, 1.54) is 44.4 Å². The third-order valence-electron chi connectivity index (χ3n) is 3.61. The summed E-state index contributed by atoms with van der Waals surface area (Å²) in [5.74, 6) is 3.39. The van der Waals surface area contributed by atoms with Crippen molar-refractivity contribution in [1.82, 2.24) is 5.32 Å². The number of hydrogen-bond acceptors (Lipinski definition) is 3. The Labute approximate surface area is 90.2 Å². The molecule has 2 atom stereocenters. The molecule has 2 nitrogen and oxygen atoms in total. The number of rotatable bonds is 1. The lowest BCUT2D eigenvalue weighted by atomic mass is 10.0. The normalized spacial score (nSPS) is 44.1. The first kappa shape index (κ1) is 9.49. The van der Waals surface area contributed by atoms with Crippen molar-refractivity contribution in [3.8, 4) is 0 Å². The molecule has 3 fully saturated rings. The Hall–Kier alpha value is 0.270. The van der Waals surface area contributed by atoms with Gasteiger partial charge in [0.25, 0.3) is 0 Å². The second-order valence-electron chi connectivity index (χ2n) is 4.86. The molecule has 2 saturated heterocycles. The number of ether oxygens (including phenoxy) is 1. The van der Waals surface area contributed by atoms with E-state index in [1.54, 1.807) is 0 Å². The summed E-state index contributed by atoms with van der Waals surface area (Å²) < 4.78 is 6.31. The largest absolute Gasteiger partial charge is 0.356 e. The van der Waals surface area contributed by atoms with Crippen molar-refractivity contribution in [3.63, 3.8) is 0 Å². The molecule has 2 heterocycles. The second kappa shape index (κ2) is 3.69. The van der Waals surface area contributed by atoms with E-state index in [0.29, 0.717) is 6.10 Å². The molecular weight excluding hydrogens is 194 g/mol. The molecule has 1 aliphatic carbocycles. The van der Waals surface area contributed by atoms with Crippen molar-refractivity contribution in [3.05, 3.63) is 0 Å². The van der Waals surface area contributed by atoms with Crippen LogP contribution in [-0.2, 0) is 4.74 Å². The molecule has 3 heteroatoms. The van der Waals surface area contributed by atoms with E-state index >= 15 is 0 Å². The van der Waals surface area contributed by atoms with Crippen LogP contribution in [0.4, 0.5) is 0 Å². The highest BCUT2D eigenvalue weighted by Crippen LogP contribution is 2.41. The smallest absolute Gasteiger partial charge is 0.128 e. The molecule has 14 heavy (non-hydrogen) atoms. The van der Waals surface area contributed by atoms with E-state index in [9.17, 15) is 0 Å². The molecule has 0 aromatic carbocycles. The third kappa shape index (κ3) is 1.82. The van der Waals surface area contributed by atoms with E-state index in [1.807, 2.05) is 11.8 Å². The summed E-state index contributed by atoms with van der Waals surface area (Å²) in [5.41, 5.74) is 0.0639. The molecule has 2 aliphatic heterocycles. The van der Waals surface area contributed by atoms with Gasteiger partial charge in [0.1, 0.15) is 5.72 Å². The fourth-order valence-corrected chi connectivity index (χ4v) is 3.77. The number of thioether (sulfide) groups is 1. The molecule has 0 bridgehead atoms. The average Bonchev–Trinajstić information content (AvgIpc) is 3.02. The maximum absolute atomic E-state index is 6.31. The van der Waals surface area contributed by atoms with Crippen LogP contribution < -0.4 is 5.32 Å². The minimum Gasteiger partial charge on any atom is -0.356 e. The SMILES string of the molecule is C1CSCC2(C1)NCCC(C1CC1)O2. The summed E-state index contributed by atoms with van der Waals surface area (Å²) in [5, 5.41) is 3.60. The summed E-state index contributed by atoms with van der Waals surface area (Å²) in [6, 6.07) is 0. The lowest BCUT2D eigenvalue weighted by Gasteiger charge is -2.44. The van der Waals surface area contributed by atoms with E-state index in [-0.39, 0.29) is 5.72 Å². The van der Waals surface area contributed by atoms with Gasteiger partial charge in [-0.15, -0.1) is 0 Å². The summed E-state index contributed by atoms with van der Waals surface area (Å²) in [7, 11) is 0. The monoisotopic (exact) mass is 213 g/mol. The van der Waals surface area contributed by atoms with Gasteiger partial charge in [0, 0.05) is 12.3 Å². The van der Waals surface area contributed by atoms with E-state index < -0.39 is 0 Å². The van der Waals surface area contributed by atoms with Gasteiger partial charge in [-0.25, -0.2) is 0 Å². The average molecular weight is 213 g/mol. The van der Waals surface area contributed by atoms with Crippen LogP contribution in [-0.4, -0.2) is 29.9 Å². The second-order valence-corrected chi connectivity index (χ2v) is 5.96. The molecule has 0 radical (unpaired) electrons. The maximum Gasteiger partial charge on any atom is 0.128 e. The molecule has 1 spiro atoms. The van der Waals surface area contributed by atoms with E-state index in [2.05, 4.69) is 5.32 Å². The van der Waals surface area contributed by atoms with Crippen molar-refractivity contribution >= 4 is 11.8 Å². The first-order valence-corrected chi connectivity index (χ1v) is 7.04. The van der Waals surface area contributed by atoms with Crippen molar-refractivity contribution in [2.24, 2.45) is 5.92 Å². The van der Waals surface area contributed by atoms with Crippen LogP contribution in [0.25, 0.3) is 0 Å². The molecule has 1 saturated carbocycles. The van der Waals surface area contributed by atoms with Crippen molar-refractivity contribution in [2.75, 3.05) is 18.1 Å². The Kier molecular flexibility index (Phi) is 2.50. The zero-order chi connectivity index (χ0) is 9.43. The van der Waals surface area contributed by atoms with Gasteiger partial charge in [0.05, 0.1) is 6.10 Å². The summed E-state index contributed by atoms with van der Waals surface area (Å²) in [6.45, 7) is 1.17. The zero-order valence-corrected chi connectivity index (χ0v) is 9.44. The fourth-order valence-electron chi connectivity index (χ4n) is 2.63. The minimum absolute atomic E-state index is 0.0639. The Bertz CT molecular complexity index is 206. The molecule has 2 unspecified atom stereocenters. The predicted molar refractivity (Wildman–Crippen MR) is 59.5 cm³/mol. The van der Waals surface area contributed by atoms with Crippen LogP contribution in [0.5, 0.6) is 0 Å². The summed E-state index contributed by atoms with van der Waals surface area (Å²) in [6.07, 6.45) is 7.17. The van der Waals surface area contributed by atoms with Gasteiger partial charge in [-0.3, -0.25) is 5.32 Å². The van der Waals surface area contributed by atoms with Crippen LogP contribution in [0.1, 0.15) is 32.1 Å². The van der Waals surface area contributed by atoms with Gasteiger partial charge in [0.15, 0.2) is 0 Å². The van der Waals surface area contributed by atoms with Gasteiger partial charge >= 0.3 is 0 Å². The van der Waals surface area contributed by atoms with Crippen molar-refractivity contribution in [1.29, 1.82) is 0 Å². The maximum atomic E-state index is 6.31. The lowest BCUT2D eigenvalue weighted by Crippen LogP contribution is -2.58. The van der Waals surface area contributed by atoms with Gasteiger partial charge < -0.3 is 4.74 Å². The molecule has 3 aliphatic rings. The van der Waals surface area contributed by atoms with Gasteiger partial charge in [-0.2, -0.15) is 11.8 Å². The lowest BCUT2D eigenvalue weighted by molar-refractivity contribution is -0.141. The standard InChI is InChI=1S/C11H19NOS/c1-5-11(8-14-7-1)12-6-4-10(13-11)9-2-3-9/h9-10,12H,1-8H2. The number of nitrogens with one attached hydrogen (secondary N) is 1. The molecule has 3 rings (SSSR count). The van der Waals surface area contributed by atoms with Gasteiger partial charge in [0.2, 0.25) is 0 Å². The van der Waals surface area contributed by atoms with E-state index in [0.717, 1.165) is 11.7 Å². The molecule has 0 amide bonds. The number of hydrogen-bond donors (Lipinski definition) is 1. The van der Waals surface area contributed by atoms with Crippen LogP contribution in [0.3, 0.4) is 0 Å². The first-order chi connectivity index (χ1) is 6.88. The Morgan fingerprint density at radius 2 is 2.21 bits per heavy atom. The topological polar surface area (TPSA) is 21.3 Å². The third-order valence-corrected chi connectivity index (χ3v) is 4.85. The Morgan fingerprint density at radius 1 is 1.29 bits per heavy atom. The molecule has 80 valence electrons. The van der Waals surface area contributed by atoms with Crippen LogP contribution >= 0.6 is 11.8 Å². The van der Waals surface area contributed by atoms with Gasteiger partial charge in [-0.1, -0.05) is 0 Å². The highest BCUT2D eigenvalue weighted by molar-refractivity contribution is 7.99. The zero-order valence-electron chi connectivity index (χ0n) is 8.63. The first-order valence-electron chi connectivity index (χ1n) is 5.89. The molecule has 0 aromatic heterocycles. The summed E-state index contributed by atoms with van der Waals surface area (Å²) >= 11 is 2.05. The van der Waals surface area contributed by atoms with Gasteiger partial charge in [-0.05, 0) is 43.8 Å². The van der Waals surface area contributed by atoms with Crippen molar-refractivity contribution in [2.45, 2.75) is 43.9 Å². The minimum atomic E-state index is 0.0639. The van der Waals surface area contributed by atoms with Crippen LogP contribution in [0, 0.1) is 5.92 Å². The fraction of sp³-hybridized carbons (Fsp3) is 1.00. The van der Waals surface area contributed by atoms with Crippen LogP contribution in [0.2, 0.25) is 0 Å². The Morgan fingerprint density at radius 3 is 2.93 bits per heavy atom. The molecule has 0 aromatic rings. The molecular formula is C11H19NOS. The molecule has 1 N–H and O–H groups in total. The van der Waals surface area contributed by atoms with Crippen molar-refractivity contribution < 1.29 is 4.74 Å². The highest BCUT2D eigenvalue weighted by Gasteiger charge is 2.43. The Balaban J connectivity index is 1.66. The van der Waals surface area contributed by atoms with Crippen LogP contribution in [0.15, 0.2) is 0 Å². The van der Waals surface area contributed by atoms with E-state index in [4.69, 9.17) is 4.74 Å². The highest BCUT2D eigenvalue weighted by atomic mass is 32.2. The predicted octanol–water partition coefficient (Wildman–Crippen LogP) is 2.00. The quantitative estimate of drug-likeness (QED) is 0.720. The summed E-state index contributed by atoms with van der Waals surface area (Å²) in [4.78, 5) is 0.